The van der Waals surface area contributed by atoms with Crippen molar-refractivity contribution >= 4 is 111 Å². The fourth-order valence-electron chi connectivity index (χ4n) is 17.7. The summed E-state index contributed by atoms with van der Waals surface area (Å²) in [7, 11) is 0. The molecule has 0 amide bonds. The summed E-state index contributed by atoms with van der Waals surface area (Å²) in [4.78, 5) is 5.44. The smallest absolute Gasteiger partial charge is 0.252 e. The number of benzene rings is 17. The van der Waals surface area contributed by atoms with E-state index in [1.165, 1.54) is 92.9 Å². The Kier molecular flexibility index (Phi) is 15.2. The molecule has 20 rings (SSSR count). The minimum absolute atomic E-state index is 0.211. The molecule has 18 aromatic rings. The quantitative estimate of drug-likeness (QED) is 0.0999. The van der Waals surface area contributed by atoms with Crippen LogP contribution in [0, 0.1) is 0 Å². The van der Waals surface area contributed by atoms with E-state index in [0.717, 1.165) is 106 Å². The lowest BCUT2D eigenvalue weighted by atomic mass is 9.33. The molecule has 0 N–H and O–H groups in total. The van der Waals surface area contributed by atoms with Gasteiger partial charge in [0.2, 0.25) is 0 Å². The van der Waals surface area contributed by atoms with E-state index in [4.69, 9.17) is 0 Å². The summed E-state index contributed by atoms with van der Waals surface area (Å²) in [5.41, 5.74) is 32.1. The number of fused-ring (bicyclic) bond motifs is 12. The lowest BCUT2D eigenvalue weighted by Gasteiger charge is -2.46. The van der Waals surface area contributed by atoms with E-state index in [2.05, 4.69) is 420 Å². The van der Waals surface area contributed by atoms with Gasteiger partial charge in [-0.3, -0.25) is 0 Å². The molecule has 0 saturated heterocycles. The third-order valence-corrected chi connectivity index (χ3v) is 23.0. The Morgan fingerprint density at radius 2 is 0.630 bits per heavy atom. The number of rotatable bonds is 10. The molecule has 0 aliphatic carbocycles. The van der Waals surface area contributed by atoms with E-state index < -0.39 is 0 Å². The number of anilines is 6. The van der Waals surface area contributed by atoms with Crippen molar-refractivity contribution in [2.24, 2.45) is 0 Å². The van der Waals surface area contributed by atoms with E-state index in [0.29, 0.717) is 0 Å². The molecule has 512 valence electrons. The zero-order chi connectivity index (χ0) is 72.5. The molecule has 0 bridgehead atoms. The Morgan fingerprint density at radius 3 is 1.08 bits per heavy atom. The van der Waals surface area contributed by atoms with Gasteiger partial charge in [-0.05, 0) is 188 Å². The maximum Gasteiger partial charge on any atom is 0.252 e. The monoisotopic (exact) mass is 1380 g/mol. The fourth-order valence-corrected chi connectivity index (χ4v) is 17.7. The van der Waals surface area contributed by atoms with Gasteiger partial charge >= 0.3 is 0 Å². The first kappa shape index (κ1) is 64.6. The zero-order valence-electron chi connectivity index (χ0n) is 61.6. The van der Waals surface area contributed by atoms with E-state index in [1.54, 1.807) is 0 Å². The lowest BCUT2D eigenvalue weighted by molar-refractivity contribution is 0.590. The molecule has 0 saturated carbocycles. The Labute approximate surface area is 632 Å². The van der Waals surface area contributed by atoms with Crippen molar-refractivity contribution in [1.29, 1.82) is 0 Å². The van der Waals surface area contributed by atoms with Crippen LogP contribution in [-0.2, 0) is 10.8 Å². The summed E-state index contributed by atoms with van der Waals surface area (Å²) in [5.74, 6) is 0. The average molecular weight is 1380 g/mol. The third-order valence-electron chi connectivity index (χ3n) is 23.0. The topological polar surface area (TPSA) is 11.4 Å². The highest BCUT2D eigenvalue weighted by Gasteiger charge is 2.46. The molecule has 0 spiro atoms. The number of nitrogens with zero attached hydrogens (tertiary/aromatic N) is 3. The van der Waals surface area contributed by atoms with Gasteiger partial charge in [0, 0.05) is 61.2 Å². The Morgan fingerprint density at radius 1 is 0.241 bits per heavy atom. The van der Waals surface area contributed by atoms with Crippen molar-refractivity contribution in [3.63, 3.8) is 0 Å². The maximum absolute atomic E-state index is 2.72. The van der Waals surface area contributed by atoms with Crippen LogP contribution in [0.4, 0.5) is 34.1 Å². The highest BCUT2D eigenvalue weighted by Crippen LogP contribution is 2.56. The molecular formula is C104H78BN3. The summed E-state index contributed by atoms with van der Waals surface area (Å²) in [6.45, 7) is 13.9. The van der Waals surface area contributed by atoms with Gasteiger partial charge in [0.1, 0.15) is 0 Å². The number of hydrogen-bond donors (Lipinski definition) is 0. The largest absolute Gasteiger partial charge is 0.310 e. The second-order valence-corrected chi connectivity index (χ2v) is 31.5. The summed E-state index contributed by atoms with van der Waals surface area (Å²) >= 11 is 0. The molecule has 0 radical (unpaired) electrons. The van der Waals surface area contributed by atoms with Gasteiger partial charge in [0.05, 0.1) is 28.1 Å². The average Bonchev–Trinajstić information content (AvgIpc) is 0.922. The van der Waals surface area contributed by atoms with Crippen molar-refractivity contribution in [3.05, 3.63) is 375 Å². The Hall–Kier alpha value is -13.0. The molecule has 2 aliphatic rings. The second kappa shape index (κ2) is 25.4. The molecule has 0 fully saturated rings. The van der Waals surface area contributed by atoms with Gasteiger partial charge in [-0.2, -0.15) is 0 Å². The van der Waals surface area contributed by atoms with Crippen LogP contribution in [0.3, 0.4) is 0 Å². The Bertz CT molecular complexity index is 6230. The minimum Gasteiger partial charge on any atom is -0.310 e. The van der Waals surface area contributed by atoms with E-state index in [9.17, 15) is 0 Å². The van der Waals surface area contributed by atoms with Crippen molar-refractivity contribution < 1.29 is 0 Å². The highest BCUT2D eigenvalue weighted by molar-refractivity contribution is 7.00. The molecule has 108 heavy (non-hydrogen) atoms. The molecule has 2 aliphatic heterocycles. The molecule has 4 heteroatoms. The van der Waals surface area contributed by atoms with Crippen LogP contribution in [0.5, 0.6) is 0 Å². The number of aromatic nitrogens is 1. The van der Waals surface area contributed by atoms with Gasteiger partial charge in [0.15, 0.2) is 0 Å². The van der Waals surface area contributed by atoms with Crippen LogP contribution >= 0.6 is 0 Å². The summed E-state index contributed by atoms with van der Waals surface area (Å²) in [6.07, 6.45) is 0. The zero-order valence-corrected chi connectivity index (χ0v) is 61.6. The molecule has 0 unspecified atom stereocenters. The van der Waals surface area contributed by atoms with E-state index in [1.807, 2.05) is 0 Å². The molecule has 17 aromatic carbocycles. The first-order valence-corrected chi connectivity index (χ1v) is 38.0. The van der Waals surface area contributed by atoms with Crippen LogP contribution in [0.15, 0.2) is 364 Å². The predicted octanol–water partition coefficient (Wildman–Crippen LogP) is 26.6. The molecule has 3 nitrogen and oxygen atoms in total. The van der Waals surface area contributed by atoms with Crippen LogP contribution in [0.2, 0.25) is 0 Å². The fraction of sp³-hybridized carbons (Fsp3) is 0.0769. The first-order valence-electron chi connectivity index (χ1n) is 38.0. The van der Waals surface area contributed by atoms with Gasteiger partial charge in [0.25, 0.3) is 6.71 Å². The number of hydrogen-bond acceptors (Lipinski definition) is 2. The lowest BCUT2D eigenvalue weighted by Crippen LogP contribution is -2.61. The summed E-state index contributed by atoms with van der Waals surface area (Å²) < 4.78 is 2.64. The highest BCUT2D eigenvalue weighted by atomic mass is 15.2. The van der Waals surface area contributed by atoms with Crippen molar-refractivity contribution in [2.45, 2.75) is 52.4 Å². The molecule has 0 atom stereocenters. The minimum atomic E-state index is -0.282. The van der Waals surface area contributed by atoms with Gasteiger partial charge in [-0.25, -0.2) is 0 Å². The standard InChI is InChI=1S/C104H78BN3/c1-103(2,3)78-61-87(69-35-17-9-18-36-69)101(88(62-78)70-37-19-10-20-38-70)107-95-55-50-74(67-31-13-7-14-32-67)59-92(95)105-93-60-75(68-33-15-8-16-34-68)51-56-96(93)108(102-89(71-39-21-11-22-40-71)63-79(104(4,5)6)64-90(102)72-41-23-12-24-42-72)98-66-80(65-97(107)99(98)105)106-94-54-52-77(58-91(94)85-53-49-73-43-25-28-46-82(73)100(85)106)86-57-76-44-26-27-45-81(76)83-47-29-30-48-84(83)86/h7-66H,1-6H3. The molecule has 1 aromatic heterocycles. The van der Waals surface area contributed by atoms with Gasteiger partial charge in [-0.1, -0.05) is 339 Å². The summed E-state index contributed by atoms with van der Waals surface area (Å²) in [6, 6.07) is 138. The summed E-state index contributed by atoms with van der Waals surface area (Å²) in [5, 5.41) is 9.72. The van der Waals surface area contributed by atoms with E-state index in [-0.39, 0.29) is 17.5 Å². The van der Waals surface area contributed by atoms with Gasteiger partial charge in [-0.15, -0.1) is 0 Å². The van der Waals surface area contributed by atoms with E-state index >= 15 is 0 Å². The maximum atomic E-state index is 2.72. The van der Waals surface area contributed by atoms with Gasteiger partial charge < -0.3 is 14.4 Å². The van der Waals surface area contributed by atoms with Crippen molar-refractivity contribution in [1.82, 2.24) is 4.57 Å². The predicted molar refractivity (Wildman–Crippen MR) is 463 cm³/mol. The van der Waals surface area contributed by atoms with Crippen LogP contribution in [-0.4, -0.2) is 11.3 Å². The van der Waals surface area contributed by atoms with Crippen molar-refractivity contribution in [2.75, 3.05) is 9.80 Å². The normalized spacial score (nSPS) is 12.7. The van der Waals surface area contributed by atoms with Crippen molar-refractivity contribution in [3.8, 4) is 83.6 Å². The Balaban J connectivity index is 0.996. The second-order valence-electron chi connectivity index (χ2n) is 31.5. The molecular weight excluding hydrogens is 1300 g/mol. The SMILES string of the molecule is CC(C)(C)c1cc(-c2ccccc2)c(N2c3ccc(-c4ccccc4)cc3B3c4cc(-c5ccccc5)ccc4N(c4c(-c5ccccc5)cc(C(C)(C)C)cc4-c4ccccc4)c4cc(-n5c6ccc(-c7cc8ccccc8c8ccccc78)cc6c6ccc7ccccc7c65)cc2c43)c(-c2ccccc2)c1. The first-order chi connectivity index (χ1) is 52.9. The van der Waals surface area contributed by atoms with Crippen LogP contribution < -0.4 is 26.2 Å². The van der Waals surface area contributed by atoms with Crippen LogP contribution in [0.25, 0.3) is 138 Å². The van der Waals surface area contributed by atoms with Crippen LogP contribution in [0.1, 0.15) is 52.7 Å². The molecule has 3 heterocycles. The third kappa shape index (κ3) is 10.6.